The fourth-order valence-electron chi connectivity index (χ4n) is 2.24. The van der Waals surface area contributed by atoms with Gasteiger partial charge >= 0.3 is 0 Å². The van der Waals surface area contributed by atoms with Crippen LogP contribution in [0.5, 0.6) is 0 Å². The van der Waals surface area contributed by atoms with Crippen molar-refractivity contribution in [2.75, 3.05) is 0 Å². The third-order valence-electron chi connectivity index (χ3n) is 3.21. The molecule has 1 aromatic rings. The van der Waals surface area contributed by atoms with E-state index in [0.29, 0.717) is 0 Å². The maximum absolute atomic E-state index is 4.23. The lowest BCUT2D eigenvalue weighted by atomic mass is 9.80. The van der Waals surface area contributed by atoms with Gasteiger partial charge in [0, 0.05) is 13.2 Å². The van der Waals surface area contributed by atoms with Crippen LogP contribution in [0.1, 0.15) is 57.9 Å². The molecule has 1 aromatic heterocycles. The Balaban J connectivity index is 0.000000531. The fourth-order valence-corrected chi connectivity index (χ4v) is 2.24. The number of aromatic nitrogens is 2. The lowest BCUT2D eigenvalue weighted by molar-refractivity contribution is 0.348. The van der Waals surface area contributed by atoms with Crippen molar-refractivity contribution in [3.05, 3.63) is 18.0 Å². The lowest BCUT2D eigenvalue weighted by Gasteiger charge is -2.25. The first-order valence-corrected chi connectivity index (χ1v) is 6.24. The molecule has 0 aromatic carbocycles. The monoisotopic (exact) mass is 208 g/mol. The molecule has 86 valence electrons. The summed E-state index contributed by atoms with van der Waals surface area (Å²) in [4.78, 5) is 0. The molecule has 0 spiro atoms. The molecule has 1 saturated carbocycles. The van der Waals surface area contributed by atoms with E-state index in [1.807, 2.05) is 31.8 Å². The van der Waals surface area contributed by atoms with Gasteiger partial charge in [0.05, 0.1) is 6.20 Å². The molecule has 0 N–H and O–H groups in total. The molecule has 0 radical (unpaired) electrons. The van der Waals surface area contributed by atoms with Gasteiger partial charge < -0.3 is 0 Å². The average molecular weight is 208 g/mol. The summed E-state index contributed by atoms with van der Waals surface area (Å²) >= 11 is 0. The van der Waals surface area contributed by atoms with Crippen LogP contribution < -0.4 is 0 Å². The molecular weight excluding hydrogens is 184 g/mol. The summed E-state index contributed by atoms with van der Waals surface area (Å²) in [5.74, 6) is 1.72. The first kappa shape index (κ1) is 12.3. The van der Waals surface area contributed by atoms with Crippen molar-refractivity contribution in [1.82, 2.24) is 9.78 Å². The number of nitrogens with zero attached hydrogens (tertiary/aromatic N) is 2. The smallest absolute Gasteiger partial charge is 0.0524 e. The molecule has 1 aliphatic rings. The Morgan fingerprint density at radius 2 is 1.80 bits per heavy atom. The Labute approximate surface area is 93.7 Å². The van der Waals surface area contributed by atoms with E-state index in [1.54, 1.807) is 0 Å². The highest BCUT2D eigenvalue weighted by Crippen LogP contribution is 2.34. The van der Waals surface area contributed by atoms with Gasteiger partial charge in [-0.1, -0.05) is 33.6 Å². The molecule has 1 heterocycles. The molecule has 0 aliphatic heterocycles. The van der Waals surface area contributed by atoms with Crippen LogP contribution in [0.4, 0.5) is 0 Å². The van der Waals surface area contributed by atoms with E-state index in [0.717, 1.165) is 11.8 Å². The summed E-state index contributed by atoms with van der Waals surface area (Å²) in [7, 11) is 1.99. The van der Waals surface area contributed by atoms with Crippen LogP contribution in [-0.4, -0.2) is 9.78 Å². The van der Waals surface area contributed by atoms with Gasteiger partial charge in [0.2, 0.25) is 0 Å². The molecule has 2 heteroatoms. The SMILES string of the molecule is CC.CC1CCC(c2cnn(C)c2)CC1. The van der Waals surface area contributed by atoms with Crippen molar-refractivity contribution >= 4 is 0 Å². The van der Waals surface area contributed by atoms with Gasteiger partial charge in [0.1, 0.15) is 0 Å². The molecule has 0 bridgehead atoms. The standard InChI is InChI=1S/C11H18N2.C2H6/c1-9-3-5-10(6-4-9)11-7-12-13(2)8-11;1-2/h7-10H,3-6H2,1-2H3;1-2H3. The maximum atomic E-state index is 4.23. The van der Waals surface area contributed by atoms with E-state index >= 15 is 0 Å². The van der Waals surface area contributed by atoms with Crippen molar-refractivity contribution in [1.29, 1.82) is 0 Å². The van der Waals surface area contributed by atoms with Crippen molar-refractivity contribution in [3.8, 4) is 0 Å². The topological polar surface area (TPSA) is 17.8 Å². The molecule has 1 fully saturated rings. The second-order valence-electron chi connectivity index (χ2n) is 4.40. The lowest BCUT2D eigenvalue weighted by Crippen LogP contribution is -2.10. The van der Waals surface area contributed by atoms with Crippen molar-refractivity contribution in [2.24, 2.45) is 13.0 Å². The van der Waals surface area contributed by atoms with E-state index in [9.17, 15) is 0 Å². The van der Waals surface area contributed by atoms with Gasteiger partial charge in [0.25, 0.3) is 0 Å². The Kier molecular flexibility index (Phi) is 4.86. The Hall–Kier alpha value is -0.790. The second kappa shape index (κ2) is 5.94. The molecule has 2 rings (SSSR count). The minimum atomic E-state index is 0.782. The zero-order valence-corrected chi connectivity index (χ0v) is 10.5. The predicted octanol–water partition coefficient (Wildman–Crippen LogP) is 3.74. The highest BCUT2D eigenvalue weighted by molar-refractivity contribution is 5.11. The molecule has 0 saturated heterocycles. The number of hydrogen-bond donors (Lipinski definition) is 0. The van der Waals surface area contributed by atoms with E-state index in [-0.39, 0.29) is 0 Å². The van der Waals surface area contributed by atoms with Crippen molar-refractivity contribution < 1.29 is 0 Å². The molecule has 0 amide bonds. The minimum absolute atomic E-state index is 0.782. The number of rotatable bonds is 1. The zero-order chi connectivity index (χ0) is 11.3. The summed E-state index contributed by atoms with van der Waals surface area (Å²) in [6, 6.07) is 0. The summed E-state index contributed by atoms with van der Waals surface area (Å²) in [5.41, 5.74) is 1.44. The molecule has 0 unspecified atom stereocenters. The van der Waals surface area contributed by atoms with E-state index in [1.165, 1.54) is 31.2 Å². The normalized spacial score (nSPS) is 25.6. The third-order valence-corrected chi connectivity index (χ3v) is 3.21. The average Bonchev–Trinajstić information content (AvgIpc) is 2.69. The largest absolute Gasteiger partial charge is 0.276 e. The number of aryl methyl sites for hydroxylation is 1. The Morgan fingerprint density at radius 1 is 1.20 bits per heavy atom. The van der Waals surface area contributed by atoms with Crippen molar-refractivity contribution in [3.63, 3.8) is 0 Å². The van der Waals surface area contributed by atoms with Crippen LogP contribution >= 0.6 is 0 Å². The Bertz CT molecular complexity index is 270. The quantitative estimate of drug-likeness (QED) is 0.687. The van der Waals surface area contributed by atoms with Crippen LogP contribution in [0.25, 0.3) is 0 Å². The maximum Gasteiger partial charge on any atom is 0.0524 e. The van der Waals surface area contributed by atoms with E-state index in [4.69, 9.17) is 0 Å². The van der Waals surface area contributed by atoms with Gasteiger partial charge in [-0.3, -0.25) is 4.68 Å². The van der Waals surface area contributed by atoms with Crippen LogP contribution in [0, 0.1) is 5.92 Å². The van der Waals surface area contributed by atoms with Crippen molar-refractivity contribution in [2.45, 2.75) is 52.4 Å². The highest BCUT2D eigenvalue weighted by atomic mass is 15.2. The molecule has 1 aliphatic carbocycles. The molecular formula is C13H24N2. The van der Waals surface area contributed by atoms with Crippen LogP contribution in [0.3, 0.4) is 0 Å². The van der Waals surface area contributed by atoms with Gasteiger partial charge in [-0.25, -0.2) is 0 Å². The predicted molar refractivity (Wildman–Crippen MR) is 64.9 cm³/mol. The second-order valence-corrected chi connectivity index (χ2v) is 4.40. The van der Waals surface area contributed by atoms with E-state index in [2.05, 4.69) is 18.2 Å². The summed E-state index contributed by atoms with van der Waals surface area (Å²) in [6.45, 7) is 6.36. The van der Waals surface area contributed by atoms with Gasteiger partial charge in [-0.05, 0) is 30.2 Å². The molecule has 15 heavy (non-hydrogen) atoms. The summed E-state index contributed by atoms with van der Waals surface area (Å²) < 4.78 is 1.91. The first-order valence-electron chi connectivity index (χ1n) is 6.24. The fraction of sp³-hybridized carbons (Fsp3) is 0.769. The summed E-state index contributed by atoms with van der Waals surface area (Å²) in [5, 5.41) is 4.23. The third kappa shape index (κ3) is 3.37. The molecule has 0 atom stereocenters. The number of hydrogen-bond acceptors (Lipinski definition) is 1. The van der Waals surface area contributed by atoms with Gasteiger partial charge in [0.15, 0.2) is 0 Å². The van der Waals surface area contributed by atoms with Gasteiger partial charge in [-0.2, -0.15) is 5.10 Å². The van der Waals surface area contributed by atoms with Crippen LogP contribution in [-0.2, 0) is 7.05 Å². The zero-order valence-electron chi connectivity index (χ0n) is 10.5. The molecule has 2 nitrogen and oxygen atoms in total. The summed E-state index contributed by atoms with van der Waals surface area (Å²) in [6.07, 6.45) is 9.68. The first-order chi connectivity index (χ1) is 7.25. The highest BCUT2D eigenvalue weighted by Gasteiger charge is 2.20. The van der Waals surface area contributed by atoms with Gasteiger partial charge in [-0.15, -0.1) is 0 Å². The van der Waals surface area contributed by atoms with Crippen LogP contribution in [0.15, 0.2) is 12.4 Å². The van der Waals surface area contributed by atoms with Crippen LogP contribution in [0.2, 0.25) is 0 Å². The Morgan fingerprint density at radius 3 is 2.27 bits per heavy atom. The van der Waals surface area contributed by atoms with E-state index < -0.39 is 0 Å². The minimum Gasteiger partial charge on any atom is -0.276 e.